The standard InChI is InChI=1S/C20H28FN3O2/c1-15-4-3-7-24(13-15)20(26)14-22-8-10-23(11-9-22)19-6-5-17(16(2)25)12-18(19)21/h5-6,12,15H,3-4,7-11,13-14H2,1-2H3. The summed E-state index contributed by atoms with van der Waals surface area (Å²) in [5.74, 6) is 0.308. The fraction of sp³-hybridized carbons (Fsp3) is 0.600. The van der Waals surface area contributed by atoms with Crippen molar-refractivity contribution >= 4 is 17.4 Å². The summed E-state index contributed by atoms with van der Waals surface area (Å²) in [6.45, 7) is 8.67. The number of amides is 1. The van der Waals surface area contributed by atoms with E-state index >= 15 is 0 Å². The summed E-state index contributed by atoms with van der Waals surface area (Å²) in [5, 5.41) is 0. The Bertz CT molecular complexity index is 671. The van der Waals surface area contributed by atoms with Crippen LogP contribution in [-0.2, 0) is 4.79 Å². The number of rotatable bonds is 4. The van der Waals surface area contributed by atoms with E-state index in [9.17, 15) is 14.0 Å². The third-order valence-corrected chi connectivity index (χ3v) is 5.44. The van der Waals surface area contributed by atoms with Crippen LogP contribution in [0.3, 0.4) is 0 Å². The molecule has 0 N–H and O–H groups in total. The number of Topliss-reactive ketones (excluding diaryl/α,β-unsaturated/α-hetero) is 1. The van der Waals surface area contributed by atoms with Crippen molar-refractivity contribution in [3.05, 3.63) is 29.6 Å². The third-order valence-electron chi connectivity index (χ3n) is 5.44. The summed E-state index contributed by atoms with van der Waals surface area (Å²) < 4.78 is 14.3. The van der Waals surface area contributed by atoms with Gasteiger partial charge >= 0.3 is 0 Å². The largest absolute Gasteiger partial charge is 0.367 e. The maximum Gasteiger partial charge on any atom is 0.236 e. The Labute approximate surface area is 154 Å². The fourth-order valence-corrected chi connectivity index (χ4v) is 3.84. The van der Waals surface area contributed by atoms with Gasteiger partial charge in [-0.2, -0.15) is 0 Å². The Balaban J connectivity index is 1.53. The van der Waals surface area contributed by atoms with Crippen molar-refractivity contribution in [3.8, 4) is 0 Å². The molecule has 2 aliphatic heterocycles. The first-order valence-corrected chi connectivity index (χ1v) is 9.49. The second kappa shape index (κ2) is 8.16. The van der Waals surface area contributed by atoms with Crippen LogP contribution in [0.4, 0.5) is 10.1 Å². The van der Waals surface area contributed by atoms with E-state index in [2.05, 4.69) is 11.8 Å². The molecule has 6 heteroatoms. The second-order valence-electron chi connectivity index (χ2n) is 7.57. The SMILES string of the molecule is CC(=O)c1ccc(N2CCN(CC(=O)N3CCCC(C)C3)CC2)c(F)c1. The van der Waals surface area contributed by atoms with Crippen molar-refractivity contribution in [2.24, 2.45) is 5.92 Å². The monoisotopic (exact) mass is 361 g/mol. The number of carbonyl (C=O) groups is 2. The van der Waals surface area contributed by atoms with Crippen molar-refractivity contribution < 1.29 is 14.0 Å². The molecule has 1 aromatic rings. The van der Waals surface area contributed by atoms with E-state index in [0.29, 0.717) is 36.8 Å². The van der Waals surface area contributed by atoms with Crippen molar-refractivity contribution in [1.82, 2.24) is 9.80 Å². The minimum atomic E-state index is -0.357. The van der Waals surface area contributed by atoms with Gasteiger partial charge in [-0.05, 0) is 43.9 Å². The molecule has 2 fully saturated rings. The number of benzene rings is 1. The van der Waals surface area contributed by atoms with Gasteiger partial charge in [0.15, 0.2) is 5.78 Å². The molecule has 142 valence electrons. The van der Waals surface area contributed by atoms with Gasteiger partial charge in [0.2, 0.25) is 5.91 Å². The number of nitrogens with zero attached hydrogens (tertiary/aromatic N) is 3. The highest BCUT2D eigenvalue weighted by atomic mass is 19.1. The Morgan fingerprint density at radius 2 is 1.88 bits per heavy atom. The van der Waals surface area contributed by atoms with Gasteiger partial charge in [0.1, 0.15) is 5.82 Å². The molecular formula is C20H28FN3O2. The molecule has 0 saturated carbocycles. The summed E-state index contributed by atoms with van der Waals surface area (Å²) in [6.07, 6.45) is 2.30. The first kappa shape index (κ1) is 18.8. The average Bonchev–Trinajstić information content (AvgIpc) is 2.62. The number of hydrogen-bond donors (Lipinski definition) is 0. The first-order valence-electron chi connectivity index (χ1n) is 9.49. The number of halogens is 1. The summed E-state index contributed by atoms with van der Waals surface area (Å²) in [4.78, 5) is 30.0. The van der Waals surface area contributed by atoms with Crippen molar-refractivity contribution in [3.63, 3.8) is 0 Å². The molecule has 2 heterocycles. The van der Waals surface area contributed by atoms with Gasteiger partial charge in [0.05, 0.1) is 12.2 Å². The van der Waals surface area contributed by atoms with Crippen LogP contribution in [0, 0.1) is 11.7 Å². The Morgan fingerprint density at radius 1 is 1.15 bits per heavy atom. The summed E-state index contributed by atoms with van der Waals surface area (Å²) in [6, 6.07) is 4.67. The topological polar surface area (TPSA) is 43.9 Å². The van der Waals surface area contributed by atoms with Gasteiger partial charge in [-0.3, -0.25) is 14.5 Å². The van der Waals surface area contributed by atoms with Gasteiger partial charge in [0.25, 0.3) is 0 Å². The minimum Gasteiger partial charge on any atom is -0.367 e. The highest BCUT2D eigenvalue weighted by Crippen LogP contribution is 2.22. The van der Waals surface area contributed by atoms with E-state index < -0.39 is 0 Å². The first-order chi connectivity index (χ1) is 12.4. The quantitative estimate of drug-likeness (QED) is 0.773. The molecule has 26 heavy (non-hydrogen) atoms. The molecule has 2 aliphatic rings. The normalized spacial score (nSPS) is 21.7. The predicted molar refractivity (Wildman–Crippen MR) is 100 cm³/mol. The van der Waals surface area contributed by atoms with Gasteiger partial charge < -0.3 is 9.80 Å². The van der Waals surface area contributed by atoms with Crippen LogP contribution in [0.1, 0.15) is 37.0 Å². The maximum atomic E-state index is 14.3. The highest BCUT2D eigenvalue weighted by Gasteiger charge is 2.25. The minimum absolute atomic E-state index is 0.134. The van der Waals surface area contributed by atoms with Crippen molar-refractivity contribution in [1.29, 1.82) is 0 Å². The Kier molecular flexibility index (Phi) is 5.91. The van der Waals surface area contributed by atoms with E-state index in [1.165, 1.54) is 19.4 Å². The molecule has 0 spiro atoms. The number of piperidine rings is 1. The fourth-order valence-electron chi connectivity index (χ4n) is 3.84. The van der Waals surface area contributed by atoms with Crippen LogP contribution < -0.4 is 4.90 Å². The van der Waals surface area contributed by atoms with E-state index in [1.807, 2.05) is 9.80 Å². The third kappa shape index (κ3) is 4.41. The smallest absolute Gasteiger partial charge is 0.236 e. The lowest BCUT2D eigenvalue weighted by atomic mass is 10.0. The van der Waals surface area contributed by atoms with E-state index in [-0.39, 0.29) is 17.5 Å². The zero-order valence-electron chi connectivity index (χ0n) is 15.7. The van der Waals surface area contributed by atoms with Crippen LogP contribution >= 0.6 is 0 Å². The maximum absolute atomic E-state index is 14.3. The molecule has 0 aliphatic carbocycles. The van der Waals surface area contributed by atoms with Crippen molar-refractivity contribution in [2.45, 2.75) is 26.7 Å². The van der Waals surface area contributed by atoms with Gasteiger partial charge in [0, 0.05) is 44.8 Å². The molecule has 0 aromatic heterocycles. The molecule has 0 radical (unpaired) electrons. The molecule has 3 rings (SSSR count). The van der Waals surface area contributed by atoms with Crippen LogP contribution in [0.15, 0.2) is 18.2 Å². The van der Waals surface area contributed by atoms with Crippen LogP contribution in [0.25, 0.3) is 0 Å². The number of piperazine rings is 1. The number of hydrogen-bond acceptors (Lipinski definition) is 4. The average molecular weight is 361 g/mol. The lowest BCUT2D eigenvalue weighted by molar-refractivity contribution is -0.134. The van der Waals surface area contributed by atoms with E-state index in [4.69, 9.17) is 0 Å². The summed E-state index contributed by atoms with van der Waals surface area (Å²) in [7, 11) is 0. The molecule has 1 aromatic carbocycles. The van der Waals surface area contributed by atoms with Crippen molar-refractivity contribution in [2.75, 3.05) is 50.7 Å². The molecular weight excluding hydrogens is 333 g/mol. The van der Waals surface area contributed by atoms with Gasteiger partial charge in [-0.15, -0.1) is 0 Å². The predicted octanol–water partition coefficient (Wildman–Crippen LogP) is 2.41. The van der Waals surface area contributed by atoms with Crippen LogP contribution in [-0.4, -0.2) is 67.3 Å². The molecule has 1 unspecified atom stereocenters. The van der Waals surface area contributed by atoms with E-state index in [0.717, 1.165) is 32.6 Å². The zero-order valence-corrected chi connectivity index (χ0v) is 15.7. The molecule has 0 bridgehead atoms. The lowest BCUT2D eigenvalue weighted by Gasteiger charge is -2.37. The number of carbonyl (C=O) groups excluding carboxylic acids is 2. The zero-order chi connectivity index (χ0) is 18.7. The van der Waals surface area contributed by atoms with Gasteiger partial charge in [-0.25, -0.2) is 4.39 Å². The van der Waals surface area contributed by atoms with Crippen LogP contribution in [0.2, 0.25) is 0 Å². The number of likely N-dealkylation sites (tertiary alicyclic amines) is 1. The van der Waals surface area contributed by atoms with Gasteiger partial charge in [-0.1, -0.05) is 6.92 Å². The molecule has 5 nitrogen and oxygen atoms in total. The van der Waals surface area contributed by atoms with E-state index in [1.54, 1.807) is 12.1 Å². The highest BCUT2D eigenvalue weighted by molar-refractivity contribution is 5.94. The second-order valence-corrected chi connectivity index (χ2v) is 7.57. The summed E-state index contributed by atoms with van der Waals surface area (Å²) >= 11 is 0. The molecule has 1 atom stereocenters. The number of anilines is 1. The summed E-state index contributed by atoms with van der Waals surface area (Å²) in [5.41, 5.74) is 0.928. The van der Waals surface area contributed by atoms with Crippen LogP contribution in [0.5, 0.6) is 0 Å². The molecule has 2 saturated heterocycles. The Hall–Kier alpha value is -1.95. The Morgan fingerprint density at radius 3 is 2.50 bits per heavy atom. The number of ketones is 1. The molecule has 1 amide bonds. The lowest BCUT2D eigenvalue weighted by Crippen LogP contribution is -2.51.